The molecule has 0 saturated heterocycles. The van der Waals surface area contributed by atoms with Crippen molar-refractivity contribution < 1.29 is 9.18 Å². The molecule has 0 aliphatic rings. The summed E-state index contributed by atoms with van der Waals surface area (Å²) in [5, 5.41) is 2.88. The van der Waals surface area contributed by atoms with Gasteiger partial charge >= 0.3 is 0 Å². The van der Waals surface area contributed by atoms with E-state index in [9.17, 15) is 9.18 Å². The molecule has 0 bridgehead atoms. The second-order valence-corrected chi connectivity index (χ2v) is 3.66. The van der Waals surface area contributed by atoms with Crippen LogP contribution in [-0.4, -0.2) is 23.7 Å². The molecule has 4 heteroatoms. The van der Waals surface area contributed by atoms with Gasteiger partial charge in [-0.3, -0.25) is 4.79 Å². The summed E-state index contributed by atoms with van der Waals surface area (Å²) in [6.07, 6.45) is 0. The molecule has 1 amide bonds. The first-order valence-corrected chi connectivity index (χ1v) is 4.16. The van der Waals surface area contributed by atoms with Crippen molar-refractivity contribution in [1.29, 1.82) is 0 Å². The number of halogens is 1. The van der Waals surface area contributed by atoms with E-state index in [0.29, 0.717) is 11.1 Å². The fraction of sp³-hybridized carbons (Fsp3) is 0.833. The Kier molecular flexibility index (Phi) is 5.39. The summed E-state index contributed by atoms with van der Waals surface area (Å²) in [7, 11) is 0. The Morgan fingerprint density at radius 1 is 1.70 bits per heavy atom. The zero-order chi connectivity index (χ0) is 7.98. The minimum absolute atomic E-state index is 0.472. The smallest absolute Gasteiger partial charge is 0.252 e. The van der Waals surface area contributed by atoms with Crippen LogP contribution in [0.1, 0.15) is 13.8 Å². The van der Waals surface area contributed by atoms with E-state index in [0.717, 1.165) is 0 Å². The van der Waals surface area contributed by atoms with Crippen molar-refractivity contribution in [2.24, 2.45) is 0 Å². The van der Waals surface area contributed by atoms with Crippen molar-refractivity contribution in [1.82, 2.24) is 5.32 Å². The molecule has 0 heterocycles. The Hall–Kier alpha value is -0.250. The summed E-state index contributed by atoms with van der Waals surface area (Å²) >= 11 is 1.58. The Bertz CT molecular complexity index is 108. The maximum absolute atomic E-state index is 11.5. The van der Waals surface area contributed by atoms with Gasteiger partial charge in [0.25, 0.3) is 5.91 Å². The largest absolute Gasteiger partial charge is 0.345 e. The second kappa shape index (κ2) is 5.53. The first-order valence-electron chi connectivity index (χ1n) is 3.11. The normalized spacial score (nSPS) is 10.0. The third kappa shape index (κ3) is 5.88. The Balaban J connectivity index is 3.12. The molecule has 0 fully saturated rings. The van der Waals surface area contributed by atoms with E-state index in [-0.39, 0.29) is 0 Å². The fourth-order valence-electron chi connectivity index (χ4n) is 0.336. The molecule has 0 aromatic heterocycles. The number of carbonyl (C=O) groups is 1. The molecule has 60 valence electrons. The van der Waals surface area contributed by atoms with Crippen LogP contribution in [0, 0.1) is 0 Å². The van der Waals surface area contributed by atoms with E-state index < -0.39 is 12.6 Å². The average Bonchev–Trinajstić information content (AvgIpc) is 1.87. The predicted molar refractivity (Wildman–Crippen MR) is 41.7 cm³/mol. The van der Waals surface area contributed by atoms with Crippen LogP contribution in [0.5, 0.6) is 0 Å². The topological polar surface area (TPSA) is 29.1 Å². The van der Waals surface area contributed by atoms with Crippen LogP contribution >= 0.6 is 11.8 Å². The molecule has 1 N–H and O–H groups in total. The van der Waals surface area contributed by atoms with Gasteiger partial charge in [-0.15, -0.1) is 11.8 Å². The maximum atomic E-state index is 11.5. The SMILES string of the molecule is CC(C)SCNC(=O)CF. The third-order valence-electron chi connectivity index (χ3n) is 0.807. The first-order chi connectivity index (χ1) is 4.66. The number of hydrogen-bond donors (Lipinski definition) is 1. The van der Waals surface area contributed by atoms with E-state index in [1.165, 1.54) is 0 Å². The lowest BCUT2D eigenvalue weighted by atomic mass is 10.6. The molecule has 0 spiro atoms. The molecule has 0 saturated carbocycles. The van der Waals surface area contributed by atoms with E-state index >= 15 is 0 Å². The zero-order valence-electron chi connectivity index (χ0n) is 6.19. The van der Waals surface area contributed by atoms with Gasteiger partial charge in [-0.05, 0) is 0 Å². The number of nitrogens with one attached hydrogen (secondary N) is 1. The van der Waals surface area contributed by atoms with Crippen molar-refractivity contribution in [2.75, 3.05) is 12.6 Å². The van der Waals surface area contributed by atoms with Gasteiger partial charge in [0.05, 0.1) is 5.88 Å². The Morgan fingerprint density at radius 3 is 2.70 bits per heavy atom. The Morgan fingerprint density at radius 2 is 2.30 bits per heavy atom. The van der Waals surface area contributed by atoms with Crippen molar-refractivity contribution in [3.63, 3.8) is 0 Å². The van der Waals surface area contributed by atoms with Crippen molar-refractivity contribution >= 4 is 17.7 Å². The number of alkyl halides is 1. The van der Waals surface area contributed by atoms with Gasteiger partial charge in [0, 0.05) is 5.25 Å². The molecule has 0 aromatic rings. The molecular formula is C6H12FNOS. The van der Waals surface area contributed by atoms with Crippen LogP contribution in [0.4, 0.5) is 4.39 Å². The van der Waals surface area contributed by atoms with Crippen LogP contribution in [0.15, 0.2) is 0 Å². The van der Waals surface area contributed by atoms with Crippen LogP contribution < -0.4 is 5.32 Å². The van der Waals surface area contributed by atoms with E-state index in [1.807, 2.05) is 13.8 Å². The van der Waals surface area contributed by atoms with Crippen LogP contribution in [0.3, 0.4) is 0 Å². The third-order valence-corrected chi connectivity index (χ3v) is 1.79. The standard InChI is InChI=1S/C6H12FNOS/c1-5(2)10-4-8-6(9)3-7/h5H,3-4H2,1-2H3,(H,8,9). The molecule has 0 rings (SSSR count). The summed E-state index contributed by atoms with van der Waals surface area (Å²) in [4.78, 5) is 10.3. The van der Waals surface area contributed by atoms with E-state index in [4.69, 9.17) is 0 Å². The highest BCUT2D eigenvalue weighted by molar-refractivity contribution is 7.99. The zero-order valence-corrected chi connectivity index (χ0v) is 7.00. The molecule has 0 aliphatic heterocycles. The van der Waals surface area contributed by atoms with Crippen LogP contribution in [0.2, 0.25) is 0 Å². The van der Waals surface area contributed by atoms with Crippen molar-refractivity contribution in [3.05, 3.63) is 0 Å². The summed E-state index contributed by atoms with van der Waals surface area (Å²) in [6, 6.07) is 0. The quantitative estimate of drug-likeness (QED) is 0.634. The number of carbonyl (C=O) groups excluding carboxylic acids is 1. The molecule has 0 radical (unpaired) electrons. The van der Waals surface area contributed by atoms with Gasteiger partial charge in [-0.2, -0.15) is 0 Å². The highest BCUT2D eigenvalue weighted by Gasteiger charge is 1.98. The van der Waals surface area contributed by atoms with Gasteiger partial charge in [0.1, 0.15) is 0 Å². The second-order valence-electron chi connectivity index (χ2n) is 2.09. The molecule has 0 aromatic carbocycles. The van der Waals surface area contributed by atoms with Gasteiger partial charge in [0.2, 0.25) is 0 Å². The maximum Gasteiger partial charge on any atom is 0.252 e. The molecule has 0 unspecified atom stereocenters. The fourth-order valence-corrected chi connectivity index (χ4v) is 0.914. The summed E-state index contributed by atoms with van der Waals surface area (Å²) in [6.45, 7) is 3.12. The van der Waals surface area contributed by atoms with Crippen LogP contribution in [0.25, 0.3) is 0 Å². The number of hydrogen-bond acceptors (Lipinski definition) is 2. The Labute approximate surface area is 64.6 Å². The predicted octanol–water partition coefficient (Wildman–Crippen LogP) is 1.17. The first kappa shape index (κ1) is 9.75. The van der Waals surface area contributed by atoms with Gasteiger partial charge in [0.15, 0.2) is 6.67 Å². The highest BCUT2D eigenvalue weighted by atomic mass is 32.2. The summed E-state index contributed by atoms with van der Waals surface area (Å²) in [5.41, 5.74) is 0. The number of thioether (sulfide) groups is 1. The lowest BCUT2D eigenvalue weighted by molar-refractivity contribution is -0.121. The molecule has 0 atom stereocenters. The van der Waals surface area contributed by atoms with Gasteiger partial charge in [-0.1, -0.05) is 13.8 Å². The average molecular weight is 165 g/mol. The summed E-state index contributed by atoms with van der Waals surface area (Å²) < 4.78 is 11.5. The molecule has 2 nitrogen and oxygen atoms in total. The number of rotatable bonds is 4. The lowest BCUT2D eigenvalue weighted by Gasteiger charge is -2.04. The lowest BCUT2D eigenvalue weighted by Crippen LogP contribution is -2.24. The highest BCUT2D eigenvalue weighted by Crippen LogP contribution is 2.05. The summed E-state index contributed by atoms with van der Waals surface area (Å²) in [5.74, 6) is -0.0337. The molecular weight excluding hydrogens is 153 g/mol. The van der Waals surface area contributed by atoms with Crippen molar-refractivity contribution in [2.45, 2.75) is 19.1 Å². The minimum Gasteiger partial charge on any atom is -0.345 e. The molecule has 0 aliphatic carbocycles. The number of amides is 1. The van der Waals surface area contributed by atoms with Gasteiger partial charge < -0.3 is 5.32 Å². The van der Waals surface area contributed by atoms with E-state index in [1.54, 1.807) is 11.8 Å². The van der Waals surface area contributed by atoms with Crippen molar-refractivity contribution in [3.8, 4) is 0 Å². The minimum atomic E-state index is -0.918. The van der Waals surface area contributed by atoms with E-state index in [2.05, 4.69) is 5.32 Å². The van der Waals surface area contributed by atoms with Crippen LogP contribution in [-0.2, 0) is 4.79 Å². The monoisotopic (exact) mass is 165 g/mol. The molecule has 10 heavy (non-hydrogen) atoms. The van der Waals surface area contributed by atoms with Gasteiger partial charge in [-0.25, -0.2) is 4.39 Å².